The summed E-state index contributed by atoms with van der Waals surface area (Å²) in [6.45, 7) is 1.44. The maximum atomic E-state index is 15.3. The van der Waals surface area contributed by atoms with E-state index in [0.29, 0.717) is 0 Å². The molecule has 3 aromatic rings. The molecule has 0 bridgehead atoms. The van der Waals surface area contributed by atoms with E-state index in [2.05, 4.69) is 4.98 Å². The van der Waals surface area contributed by atoms with Gasteiger partial charge < -0.3 is 10.0 Å². The fourth-order valence-electron chi connectivity index (χ4n) is 3.93. The molecule has 0 unspecified atom stereocenters. The van der Waals surface area contributed by atoms with Gasteiger partial charge in [0, 0.05) is 6.20 Å². The van der Waals surface area contributed by atoms with Gasteiger partial charge in [0.05, 0.1) is 52.3 Å². The number of hydrogen-bond acceptors (Lipinski definition) is 6. The molecule has 1 aliphatic heterocycles. The van der Waals surface area contributed by atoms with Crippen LogP contribution in [0.4, 0.5) is 14.6 Å². The smallest absolute Gasteiger partial charge is 0.338 e. The number of pyridine rings is 1. The highest BCUT2D eigenvalue weighted by atomic mass is 35.5. The Hall–Kier alpha value is -3.26. The van der Waals surface area contributed by atoms with Crippen LogP contribution in [0.3, 0.4) is 0 Å². The number of aromatic nitrogens is 3. The van der Waals surface area contributed by atoms with Gasteiger partial charge in [-0.05, 0) is 37.6 Å². The Bertz CT molecular complexity index is 1480. The Morgan fingerprint density at radius 2 is 1.91 bits per heavy atom. The summed E-state index contributed by atoms with van der Waals surface area (Å²) in [5, 5.41) is 19.6. The summed E-state index contributed by atoms with van der Waals surface area (Å²) in [4.78, 5) is 32.5. The van der Waals surface area contributed by atoms with Gasteiger partial charge >= 0.3 is 5.69 Å². The lowest BCUT2D eigenvalue weighted by atomic mass is 9.80. The van der Waals surface area contributed by atoms with E-state index >= 15 is 4.39 Å². The zero-order chi connectivity index (χ0) is 25.7. The van der Waals surface area contributed by atoms with Crippen LogP contribution in [0.5, 0.6) is 0 Å². The van der Waals surface area contributed by atoms with Crippen molar-refractivity contribution >= 4 is 29.0 Å². The Labute approximate surface area is 208 Å². The predicted molar refractivity (Wildman–Crippen MR) is 127 cm³/mol. The van der Waals surface area contributed by atoms with Crippen molar-refractivity contribution in [1.29, 1.82) is 5.26 Å². The largest absolute Gasteiger partial charge is 0.387 e. The van der Waals surface area contributed by atoms with E-state index in [4.69, 9.17) is 23.2 Å². The summed E-state index contributed by atoms with van der Waals surface area (Å²) in [6.07, 6.45) is 2.56. The van der Waals surface area contributed by atoms with Crippen molar-refractivity contribution in [3.8, 4) is 22.9 Å². The molecule has 0 atom stereocenters. The van der Waals surface area contributed by atoms with Gasteiger partial charge in [0.25, 0.3) is 5.56 Å². The van der Waals surface area contributed by atoms with Crippen LogP contribution in [-0.2, 0) is 6.54 Å². The third-order valence-corrected chi connectivity index (χ3v) is 6.48. The minimum atomic E-state index is -2.04. The number of nitriles is 1. The fraction of sp³-hybridized carbons (Fsp3) is 0.304. The number of halogens is 4. The molecule has 0 amide bonds. The van der Waals surface area contributed by atoms with E-state index in [-0.39, 0.29) is 45.8 Å². The SMILES string of the molecule is CC(C)(O)C1(F)CN(c2c(-c3ccc(F)c(Cl)c3)c(=O)n(-c3cncc(Cl)c3)c(=O)n2CC#N)C1. The van der Waals surface area contributed by atoms with E-state index < -0.39 is 34.9 Å². The highest BCUT2D eigenvalue weighted by Crippen LogP contribution is 2.41. The van der Waals surface area contributed by atoms with Crippen molar-refractivity contribution in [2.75, 3.05) is 18.0 Å². The van der Waals surface area contributed by atoms with E-state index in [9.17, 15) is 24.3 Å². The van der Waals surface area contributed by atoms with Crippen LogP contribution in [0.2, 0.25) is 10.0 Å². The second-order valence-corrected chi connectivity index (χ2v) is 9.58. The van der Waals surface area contributed by atoms with Crippen LogP contribution in [0.15, 0.2) is 46.2 Å². The minimum Gasteiger partial charge on any atom is -0.387 e. The van der Waals surface area contributed by atoms with Gasteiger partial charge in [-0.2, -0.15) is 5.26 Å². The van der Waals surface area contributed by atoms with E-state index in [0.717, 1.165) is 15.2 Å². The normalized spacial score (nSPS) is 15.0. The molecule has 1 saturated heterocycles. The molecule has 0 saturated carbocycles. The zero-order valence-electron chi connectivity index (χ0n) is 18.6. The summed E-state index contributed by atoms with van der Waals surface area (Å²) in [6, 6.07) is 6.78. The standard InChI is InChI=1S/C23H19Cl2F2N5O3/c1-22(2,35)23(27)11-30(12-23)19-18(13-3-4-17(26)16(25)7-13)20(33)32(21(34)31(19)6-5-28)15-8-14(24)9-29-10-15/h3-4,7-10,35H,6,11-12H2,1-2H3. The molecule has 0 radical (unpaired) electrons. The Kier molecular flexibility index (Phi) is 6.21. The number of nitrogens with zero attached hydrogens (tertiary/aromatic N) is 5. The Balaban J connectivity index is 2.06. The molecular weight excluding hydrogens is 503 g/mol. The molecule has 182 valence electrons. The average molecular weight is 522 g/mol. The van der Waals surface area contributed by atoms with Crippen LogP contribution < -0.4 is 16.1 Å². The van der Waals surface area contributed by atoms with Crippen molar-refractivity contribution in [2.24, 2.45) is 0 Å². The van der Waals surface area contributed by atoms with Crippen LogP contribution >= 0.6 is 23.2 Å². The number of alkyl halides is 1. The van der Waals surface area contributed by atoms with Gasteiger partial charge in [-0.25, -0.2) is 18.1 Å². The lowest BCUT2D eigenvalue weighted by Crippen LogP contribution is -2.69. The van der Waals surface area contributed by atoms with Crippen LogP contribution in [0.1, 0.15) is 13.8 Å². The average Bonchev–Trinajstić information content (AvgIpc) is 2.75. The van der Waals surface area contributed by atoms with Crippen LogP contribution in [-0.4, -0.2) is 43.6 Å². The van der Waals surface area contributed by atoms with Crippen molar-refractivity contribution in [2.45, 2.75) is 31.7 Å². The number of anilines is 1. The quantitative estimate of drug-likeness (QED) is 0.552. The second kappa shape index (κ2) is 8.75. The second-order valence-electron chi connectivity index (χ2n) is 8.74. The number of rotatable bonds is 5. The van der Waals surface area contributed by atoms with Crippen molar-refractivity contribution in [3.63, 3.8) is 0 Å². The number of hydrogen-bond donors (Lipinski definition) is 1. The molecule has 3 heterocycles. The summed E-state index contributed by atoms with van der Waals surface area (Å²) >= 11 is 12.0. The third kappa shape index (κ3) is 4.20. The van der Waals surface area contributed by atoms with Gasteiger partial charge in [0.2, 0.25) is 0 Å². The molecule has 8 nitrogen and oxygen atoms in total. The summed E-state index contributed by atoms with van der Waals surface area (Å²) < 4.78 is 31.0. The first-order chi connectivity index (χ1) is 16.4. The first-order valence-corrected chi connectivity index (χ1v) is 11.1. The topological polar surface area (TPSA) is 104 Å². The van der Waals surface area contributed by atoms with Crippen molar-refractivity contribution < 1.29 is 13.9 Å². The number of aliphatic hydroxyl groups is 1. The lowest BCUT2D eigenvalue weighted by molar-refractivity contribution is -0.0931. The summed E-state index contributed by atoms with van der Waals surface area (Å²) in [7, 11) is 0. The molecule has 1 aromatic carbocycles. The van der Waals surface area contributed by atoms with Gasteiger partial charge in [-0.3, -0.25) is 14.3 Å². The van der Waals surface area contributed by atoms with Crippen molar-refractivity contribution in [1.82, 2.24) is 14.1 Å². The summed E-state index contributed by atoms with van der Waals surface area (Å²) in [5.74, 6) is -0.775. The van der Waals surface area contributed by atoms with E-state index in [1.807, 2.05) is 6.07 Å². The molecule has 1 aliphatic rings. The molecule has 1 N–H and O–H groups in total. The van der Waals surface area contributed by atoms with Gasteiger partial charge in [-0.15, -0.1) is 0 Å². The van der Waals surface area contributed by atoms with Gasteiger partial charge in [0.15, 0.2) is 5.67 Å². The van der Waals surface area contributed by atoms with Crippen molar-refractivity contribution in [3.05, 3.63) is 73.4 Å². The maximum absolute atomic E-state index is 15.3. The monoisotopic (exact) mass is 521 g/mol. The van der Waals surface area contributed by atoms with E-state index in [1.165, 1.54) is 49.3 Å². The van der Waals surface area contributed by atoms with E-state index in [1.54, 1.807) is 0 Å². The minimum absolute atomic E-state index is 0.0418. The maximum Gasteiger partial charge on any atom is 0.338 e. The highest BCUT2D eigenvalue weighted by Gasteiger charge is 2.55. The molecule has 0 spiro atoms. The molecule has 35 heavy (non-hydrogen) atoms. The van der Waals surface area contributed by atoms with Gasteiger partial charge in [-0.1, -0.05) is 29.3 Å². The number of benzene rings is 1. The first kappa shape index (κ1) is 24.9. The molecule has 1 fully saturated rings. The van der Waals surface area contributed by atoms with Gasteiger partial charge in [0.1, 0.15) is 18.2 Å². The zero-order valence-corrected chi connectivity index (χ0v) is 20.1. The molecule has 2 aromatic heterocycles. The molecule has 0 aliphatic carbocycles. The molecule has 4 rings (SSSR count). The first-order valence-electron chi connectivity index (χ1n) is 10.4. The summed E-state index contributed by atoms with van der Waals surface area (Å²) in [5.41, 5.74) is -5.38. The predicted octanol–water partition coefficient (Wildman–Crippen LogP) is 3.33. The van der Waals surface area contributed by atoms with Crippen LogP contribution in [0, 0.1) is 17.1 Å². The van der Waals surface area contributed by atoms with Crippen LogP contribution in [0.25, 0.3) is 16.8 Å². The lowest BCUT2D eigenvalue weighted by Gasteiger charge is -2.51. The third-order valence-electron chi connectivity index (χ3n) is 5.98. The Morgan fingerprint density at radius 1 is 1.23 bits per heavy atom. The fourth-order valence-corrected chi connectivity index (χ4v) is 4.28. The molecule has 12 heteroatoms. The molecular formula is C23H19Cl2F2N5O3. The Morgan fingerprint density at radius 3 is 2.49 bits per heavy atom. The highest BCUT2D eigenvalue weighted by molar-refractivity contribution is 6.31.